The Morgan fingerprint density at radius 3 is 2.26 bits per heavy atom. The second-order valence-electron chi connectivity index (χ2n) is 5.14. The van der Waals surface area contributed by atoms with Gasteiger partial charge >= 0.3 is 0 Å². The highest BCUT2D eigenvalue weighted by atomic mass is 19.2. The van der Waals surface area contributed by atoms with Crippen molar-refractivity contribution in [1.82, 2.24) is 4.90 Å². The van der Waals surface area contributed by atoms with Crippen LogP contribution < -0.4 is 4.90 Å². The molecule has 19 heavy (non-hydrogen) atoms. The van der Waals surface area contributed by atoms with Gasteiger partial charge in [0.1, 0.15) is 6.07 Å². The molecule has 1 heterocycles. The molecule has 0 amide bonds. The van der Waals surface area contributed by atoms with Gasteiger partial charge in [-0.2, -0.15) is 5.26 Å². The molecule has 1 aliphatic heterocycles. The van der Waals surface area contributed by atoms with Gasteiger partial charge in [-0.05, 0) is 33.0 Å². The number of likely N-dealkylation sites (N-methyl/N-ethyl adjacent to an activating group) is 1. The van der Waals surface area contributed by atoms with E-state index in [1.807, 2.05) is 11.9 Å². The summed E-state index contributed by atoms with van der Waals surface area (Å²) in [5, 5.41) is 8.69. The number of piperazine rings is 1. The molecule has 2 rings (SSSR count). The maximum Gasteiger partial charge on any atom is 0.183 e. The molecule has 0 N–H and O–H groups in total. The lowest BCUT2D eigenvalue weighted by molar-refractivity contribution is 0.169. The average Bonchev–Trinajstić information content (AvgIpc) is 2.38. The van der Waals surface area contributed by atoms with E-state index in [1.165, 1.54) is 12.1 Å². The second-order valence-corrected chi connectivity index (χ2v) is 5.14. The highest BCUT2D eigenvalue weighted by Gasteiger charge is 2.29. The number of hydrogen-bond donors (Lipinski definition) is 0. The minimum atomic E-state index is -1.06. The number of benzene rings is 1. The van der Waals surface area contributed by atoms with E-state index in [0.717, 1.165) is 0 Å². The highest BCUT2D eigenvalue weighted by Crippen LogP contribution is 2.27. The third kappa shape index (κ3) is 2.41. The fourth-order valence-corrected chi connectivity index (χ4v) is 2.47. The van der Waals surface area contributed by atoms with Crippen LogP contribution in [0.1, 0.15) is 19.4 Å². The maximum atomic E-state index is 14.0. The Morgan fingerprint density at radius 1 is 1.16 bits per heavy atom. The SMILES string of the molecule is CC1CN(c2ccc(C#N)c(F)c2F)CC(C)N1C. The molecular formula is C14H17F2N3. The van der Waals surface area contributed by atoms with E-state index in [9.17, 15) is 8.78 Å². The summed E-state index contributed by atoms with van der Waals surface area (Å²) >= 11 is 0. The van der Waals surface area contributed by atoms with Crippen LogP contribution in [0.4, 0.5) is 14.5 Å². The van der Waals surface area contributed by atoms with Crippen LogP contribution in [0, 0.1) is 23.0 Å². The molecule has 1 aliphatic rings. The average molecular weight is 265 g/mol. The summed E-state index contributed by atoms with van der Waals surface area (Å²) in [5.74, 6) is -1.98. The van der Waals surface area contributed by atoms with E-state index in [2.05, 4.69) is 18.7 Å². The largest absolute Gasteiger partial charge is 0.366 e. The first-order valence-corrected chi connectivity index (χ1v) is 6.30. The lowest BCUT2D eigenvalue weighted by atomic mass is 10.1. The summed E-state index contributed by atoms with van der Waals surface area (Å²) in [6.45, 7) is 5.40. The summed E-state index contributed by atoms with van der Waals surface area (Å²) in [7, 11) is 2.03. The summed E-state index contributed by atoms with van der Waals surface area (Å²) in [6, 6.07) is 5.00. The molecule has 0 spiro atoms. The lowest BCUT2D eigenvalue weighted by Gasteiger charge is -2.43. The number of halogens is 2. The maximum absolute atomic E-state index is 14.0. The van der Waals surface area contributed by atoms with Gasteiger partial charge in [0, 0.05) is 25.2 Å². The zero-order chi connectivity index (χ0) is 14.2. The molecule has 0 aromatic heterocycles. The van der Waals surface area contributed by atoms with Gasteiger partial charge < -0.3 is 4.90 Å². The highest BCUT2D eigenvalue weighted by molar-refractivity contribution is 5.52. The van der Waals surface area contributed by atoms with Crippen LogP contribution in [-0.2, 0) is 0 Å². The van der Waals surface area contributed by atoms with Crippen molar-refractivity contribution < 1.29 is 8.78 Å². The van der Waals surface area contributed by atoms with Crippen molar-refractivity contribution in [2.24, 2.45) is 0 Å². The number of nitrogens with zero attached hydrogens (tertiary/aromatic N) is 3. The van der Waals surface area contributed by atoms with Crippen molar-refractivity contribution in [3.05, 3.63) is 29.3 Å². The van der Waals surface area contributed by atoms with Gasteiger partial charge in [0.05, 0.1) is 11.3 Å². The fourth-order valence-electron chi connectivity index (χ4n) is 2.47. The molecule has 3 nitrogen and oxygen atoms in total. The normalized spacial score (nSPS) is 24.3. The predicted molar refractivity (Wildman–Crippen MR) is 70.0 cm³/mol. The number of nitriles is 1. The molecule has 1 aromatic rings. The van der Waals surface area contributed by atoms with E-state index in [1.54, 1.807) is 6.07 Å². The topological polar surface area (TPSA) is 30.3 Å². The van der Waals surface area contributed by atoms with Crippen LogP contribution in [0.2, 0.25) is 0 Å². The molecule has 1 saturated heterocycles. The van der Waals surface area contributed by atoms with Crippen LogP contribution in [0.3, 0.4) is 0 Å². The van der Waals surface area contributed by atoms with Gasteiger partial charge in [0.15, 0.2) is 11.6 Å². The van der Waals surface area contributed by atoms with E-state index in [-0.39, 0.29) is 23.3 Å². The van der Waals surface area contributed by atoms with E-state index in [0.29, 0.717) is 13.1 Å². The van der Waals surface area contributed by atoms with Crippen LogP contribution in [0.15, 0.2) is 12.1 Å². The molecule has 5 heteroatoms. The van der Waals surface area contributed by atoms with Crippen molar-refractivity contribution in [1.29, 1.82) is 5.26 Å². The molecular weight excluding hydrogens is 248 g/mol. The minimum Gasteiger partial charge on any atom is -0.366 e. The molecule has 2 atom stereocenters. The molecule has 1 aromatic carbocycles. The Labute approximate surface area is 112 Å². The first kappa shape index (κ1) is 13.8. The van der Waals surface area contributed by atoms with Crippen LogP contribution in [0.5, 0.6) is 0 Å². The predicted octanol–water partition coefficient (Wildman–Crippen LogP) is 2.37. The van der Waals surface area contributed by atoms with E-state index in [4.69, 9.17) is 5.26 Å². The molecule has 0 saturated carbocycles. The van der Waals surface area contributed by atoms with E-state index < -0.39 is 11.6 Å². The summed E-state index contributed by atoms with van der Waals surface area (Å²) in [5.41, 5.74) is -0.0141. The molecule has 0 bridgehead atoms. The molecule has 0 radical (unpaired) electrons. The fraction of sp³-hybridized carbons (Fsp3) is 0.500. The first-order valence-electron chi connectivity index (χ1n) is 6.30. The smallest absolute Gasteiger partial charge is 0.183 e. The number of hydrogen-bond acceptors (Lipinski definition) is 3. The lowest BCUT2D eigenvalue weighted by Crippen LogP contribution is -2.55. The van der Waals surface area contributed by atoms with Crippen molar-refractivity contribution in [3.8, 4) is 6.07 Å². The number of anilines is 1. The monoisotopic (exact) mass is 265 g/mol. The summed E-state index contributed by atoms with van der Waals surface area (Å²) in [4.78, 5) is 4.06. The van der Waals surface area contributed by atoms with Gasteiger partial charge in [-0.15, -0.1) is 0 Å². The second kappa shape index (κ2) is 5.14. The third-order valence-corrected chi connectivity index (χ3v) is 3.88. The van der Waals surface area contributed by atoms with Crippen LogP contribution in [0.25, 0.3) is 0 Å². The van der Waals surface area contributed by atoms with Gasteiger partial charge in [-0.25, -0.2) is 8.78 Å². The molecule has 1 fully saturated rings. The zero-order valence-electron chi connectivity index (χ0n) is 11.3. The summed E-state index contributed by atoms with van der Waals surface area (Å²) in [6.07, 6.45) is 0. The Balaban J connectivity index is 2.33. The number of rotatable bonds is 1. The van der Waals surface area contributed by atoms with Crippen molar-refractivity contribution in [2.75, 3.05) is 25.0 Å². The third-order valence-electron chi connectivity index (χ3n) is 3.88. The Morgan fingerprint density at radius 2 is 1.74 bits per heavy atom. The molecule has 102 valence electrons. The van der Waals surface area contributed by atoms with Crippen LogP contribution in [-0.4, -0.2) is 37.1 Å². The van der Waals surface area contributed by atoms with Gasteiger partial charge in [-0.3, -0.25) is 4.90 Å². The standard InChI is InChI=1S/C14H17F2N3/c1-9-7-19(8-10(2)18(9)3)12-5-4-11(6-17)13(15)14(12)16/h4-5,9-10H,7-8H2,1-3H3. The van der Waals surface area contributed by atoms with Crippen molar-refractivity contribution in [2.45, 2.75) is 25.9 Å². The first-order chi connectivity index (χ1) is 8.95. The Kier molecular flexibility index (Phi) is 3.72. The van der Waals surface area contributed by atoms with Gasteiger partial charge in [0.2, 0.25) is 0 Å². The van der Waals surface area contributed by atoms with Crippen LogP contribution >= 0.6 is 0 Å². The van der Waals surface area contributed by atoms with Crippen molar-refractivity contribution in [3.63, 3.8) is 0 Å². The van der Waals surface area contributed by atoms with Gasteiger partial charge in [-0.1, -0.05) is 0 Å². The quantitative estimate of drug-likeness (QED) is 0.781. The Bertz CT molecular complexity index is 512. The van der Waals surface area contributed by atoms with E-state index >= 15 is 0 Å². The molecule has 2 unspecified atom stereocenters. The molecule has 0 aliphatic carbocycles. The minimum absolute atomic E-state index is 0.239. The summed E-state index contributed by atoms with van der Waals surface area (Å²) < 4.78 is 27.7. The zero-order valence-corrected chi connectivity index (χ0v) is 11.3. The Hall–Kier alpha value is -1.67. The van der Waals surface area contributed by atoms with Gasteiger partial charge in [0.25, 0.3) is 0 Å². The van der Waals surface area contributed by atoms with Crippen molar-refractivity contribution >= 4 is 5.69 Å².